The van der Waals surface area contributed by atoms with Crippen LogP contribution >= 0.6 is 0 Å². The minimum Gasteiger partial charge on any atom is -0.465 e. The maximum absolute atomic E-state index is 12.4. The van der Waals surface area contributed by atoms with Crippen molar-refractivity contribution in [1.82, 2.24) is 19.6 Å². The quantitative estimate of drug-likeness (QED) is 0.853. The van der Waals surface area contributed by atoms with Gasteiger partial charge in [-0.2, -0.15) is 5.10 Å². The van der Waals surface area contributed by atoms with E-state index < -0.39 is 6.09 Å². The summed E-state index contributed by atoms with van der Waals surface area (Å²) in [5, 5.41) is 16.1. The van der Waals surface area contributed by atoms with Crippen molar-refractivity contribution >= 4 is 34.5 Å². The standard InChI is InChI=1S/C16H19N5O4/c1-2-19-5-6-20(9-14(19)22)15(23)10-21-8-11-7-12(17-16(24)25)3-4-13(11)18-21/h3-4,7-8,17H,2,5-6,9-10H2,1H3,(H,24,25). The molecule has 25 heavy (non-hydrogen) atoms. The fourth-order valence-corrected chi connectivity index (χ4v) is 2.85. The van der Waals surface area contributed by atoms with Gasteiger partial charge in [-0.05, 0) is 25.1 Å². The number of carbonyl (C=O) groups is 3. The molecule has 1 fully saturated rings. The molecule has 2 heterocycles. The normalized spacial score (nSPS) is 14.8. The first kappa shape index (κ1) is 16.7. The van der Waals surface area contributed by atoms with E-state index in [1.807, 2.05) is 6.92 Å². The minimum atomic E-state index is -1.14. The Kier molecular flexibility index (Phi) is 4.55. The monoisotopic (exact) mass is 345 g/mol. The Morgan fingerprint density at radius 3 is 2.80 bits per heavy atom. The van der Waals surface area contributed by atoms with E-state index in [4.69, 9.17) is 5.11 Å². The summed E-state index contributed by atoms with van der Waals surface area (Å²) in [6.45, 7) is 3.77. The predicted molar refractivity (Wildman–Crippen MR) is 90.2 cm³/mol. The molecule has 132 valence electrons. The second kappa shape index (κ2) is 6.80. The molecule has 0 unspecified atom stereocenters. The van der Waals surface area contributed by atoms with Crippen LogP contribution in [0.5, 0.6) is 0 Å². The molecule has 1 aliphatic heterocycles. The van der Waals surface area contributed by atoms with Crippen LogP contribution in [0.1, 0.15) is 6.92 Å². The van der Waals surface area contributed by atoms with Crippen molar-refractivity contribution < 1.29 is 19.5 Å². The van der Waals surface area contributed by atoms with Gasteiger partial charge >= 0.3 is 6.09 Å². The first-order chi connectivity index (χ1) is 12.0. The van der Waals surface area contributed by atoms with Gasteiger partial charge < -0.3 is 14.9 Å². The number of benzene rings is 1. The Morgan fingerprint density at radius 1 is 1.32 bits per heavy atom. The van der Waals surface area contributed by atoms with Gasteiger partial charge in [0.25, 0.3) is 0 Å². The fraction of sp³-hybridized carbons (Fsp3) is 0.375. The molecule has 1 aliphatic rings. The van der Waals surface area contributed by atoms with E-state index in [9.17, 15) is 14.4 Å². The first-order valence-electron chi connectivity index (χ1n) is 7.99. The molecule has 9 nitrogen and oxygen atoms in total. The summed E-state index contributed by atoms with van der Waals surface area (Å²) in [6.07, 6.45) is 0.544. The van der Waals surface area contributed by atoms with Crippen molar-refractivity contribution in [3.63, 3.8) is 0 Å². The van der Waals surface area contributed by atoms with E-state index in [1.54, 1.807) is 29.3 Å². The zero-order valence-electron chi connectivity index (χ0n) is 13.8. The second-order valence-electron chi connectivity index (χ2n) is 5.82. The van der Waals surface area contributed by atoms with Gasteiger partial charge in [0, 0.05) is 36.9 Å². The molecular formula is C16H19N5O4. The predicted octanol–water partition coefficient (Wildman–Crippen LogP) is 0.817. The molecule has 2 N–H and O–H groups in total. The molecule has 1 aromatic heterocycles. The Morgan fingerprint density at radius 2 is 2.12 bits per heavy atom. The highest BCUT2D eigenvalue weighted by atomic mass is 16.4. The number of amides is 3. The van der Waals surface area contributed by atoms with Crippen molar-refractivity contribution in [3.05, 3.63) is 24.4 Å². The topological polar surface area (TPSA) is 108 Å². The van der Waals surface area contributed by atoms with E-state index >= 15 is 0 Å². The third-order valence-electron chi connectivity index (χ3n) is 4.15. The molecule has 0 aliphatic carbocycles. The first-order valence-corrected chi connectivity index (χ1v) is 7.99. The van der Waals surface area contributed by atoms with Gasteiger partial charge in [-0.3, -0.25) is 19.6 Å². The SMILES string of the molecule is CCN1CCN(C(=O)Cn2cc3cc(NC(=O)O)ccc3n2)CC1=O. The number of hydrogen-bond donors (Lipinski definition) is 2. The van der Waals surface area contributed by atoms with Crippen LogP contribution < -0.4 is 5.32 Å². The summed E-state index contributed by atoms with van der Waals surface area (Å²) in [6, 6.07) is 4.95. The van der Waals surface area contributed by atoms with Gasteiger partial charge in [-0.25, -0.2) is 4.79 Å². The number of carbonyl (C=O) groups excluding carboxylic acids is 2. The third-order valence-corrected chi connectivity index (χ3v) is 4.15. The zero-order chi connectivity index (χ0) is 18.0. The Bertz CT molecular complexity index is 831. The number of carboxylic acid groups (broad SMARTS) is 1. The van der Waals surface area contributed by atoms with Crippen molar-refractivity contribution in [2.45, 2.75) is 13.5 Å². The molecule has 0 radical (unpaired) electrons. The van der Waals surface area contributed by atoms with Crippen molar-refractivity contribution in [2.24, 2.45) is 0 Å². The highest BCUT2D eigenvalue weighted by Gasteiger charge is 2.26. The summed E-state index contributed by atoms with van der Waals surface area (Å²) in [5.41, 5.74) is 1.10. The average Bonchev–Trinajstić information content (AvgIpc) is 2.95. The Labute approximate surface area is 143 Å². The van der Waals surface area contributed by atoms with Gasteiger partial charge in [0.2, 0.25) is 11.8 Å². The molecule has 3 amide bonds. The number of piperazine rings is 1. The third kappa shape index (κ3) is 3.70. The molecule has 1 aromatic carbocycles. The van der Waals surface area contributed by atoms with E-state index in [-0.39, 0.29) is 24.9 Å². The largest absolute Gasteiger partial charge is 0.465 e. The average molecular weight is 345 g/mol. The maximum atomic E-state index is 12.4. The Hall–Kier alpha value is -3.10. The summed E-state index contributed by atoms with van der Waals surface area (Å²) in [5.74, 6) is -0.210. The fourth-order valence-electron chi connectivity index (χ4n) is 2.85. The van der Waals surface area contributed by atoms with Crippen LogP contribution in [-0.4, -0.2) is 68.8 Å². The number of hydrogen-bond acceptors (Lipinski definition) is 4. The smallest absolute Gasteiger partial charge is 0.409 e. The van der Waals surface area contributed by atoms with Crippen LogP contribution in [0.2, 0.25) is 0 Å². The Balaban J connectivity index is 1.69. The summed E-state index contributed by atoms with van der Waals surface area (Å²) < 4.78 is 1.51. The van der Waals surface area contributed by atoms with Crippen LogP contribution in [0.15, 0.2) is 24.4 Å². The van der Waals surface area contributed by atoms with Crippen LogP contribution in [-0.2, 0) is 16.1 Å². The van der Waals surface area contributed by atoms with Crippen molar-refractivity contribution in [3.8, 4) is 0 Å². The molecule has 1 saturated heterocycles. The number of nitrogens with zero attached hydrogens (tertiary/aromatic N) is 4. The van der Waals surface area contributed by atoms with Gasteiger partial charge in [-0.15, -0.1) is 0 Å². The number of fused-ring (bicyclic) bond motifs is 1. The maximum Gasteiger partial charge on any atom is 0.409 e. The lowest BCUT2D eigenvalue weighted by atomic mass is 10.2. The molecule has 2 aromatic rings. The van der Waals surface area contributed by atoms with Gasteiger partial charge in [0.05, 0.1) is 12.1 Å². The number of likely N-dealkylation sites (N-methyl/N-ethyl adjacent to an activating group) is 1. The van der Waals surface area contributed by atoms with Gasteiger partial charge in [0.1, 0.15) is 6.54 Å². The number of aromatic nitrogens is 2. The lowest BCUT2D eigenvalue weighted by Crippen LogP contribution is -2.52. The molecular weight excluding hydrogens is 326 g/mol. The zero-order valence-corrected chi connectivity index (χ0v) is 13.8. The highest BCUT2D eigenvalue weighted by Crippen LogP contribution is 2.18. The lowest BCUT2D eigenvalue weighted by Gasteiger charge is -2.33. The van der Waals surface area contributed by atoms with Crippen LogP contribution in [0, 0.1) is 0 Å². The number of rotatable bonds is 4. The lowest BCUT2D eigenvalue weighted by molar-refractivity contribution is -0.145. The molecule has 9 heteroatoms. The van der Waals surface area contributed by atoms with Crippen LogP contribution in [0.4, 0.5) is 10.5 Å². The number of anilines is 1. The van der Waals surface area contributed by atoms with Gasteiger partial charge in [-0.1, -0.05) is 0 Å². The molecule has 0 bridgehead atoms. The minimum absolute atomic E-state index is 0.0375. The molecule has 3 rings (SSSR count). The molecule has 0 saturated carbocycles. The second-order valence-corrected chi connectivity index (χ2v) is 5.82. The summed E-state index contributed by atoms with van der Waals surface area (Å²) in [4.78, 5) is 38.3. The molecule has 0 spiro atoms. The molecule has 0 atom stereocenters. The number of nitrogens with one attached hydrogen (secondary N) is 1. The van der Waals surface area contributed by atoms with Crippen molar-refractivity contribution in [2.75, 3.05) is 31.5 Å². The van der Waals surface area contributed by atoms with E-state index in [0.717, 1.165) is 5.39 Å². The van der Waals surface area contributed by atoms with Crippen LogP contribution in [0.3, 0.4) is 0 Å². The van der Waals surface area contributed by atoms with E-state index in [0.29, 0.717) is 30.8 Å². The van der Waals surface area contributed by atoms with Gasteiger partial charge in [0.15, 0.2) is 0 Å². The highest BCUT2D eigenvalue weighted by molar-refractivity contribution is 5.89. The van der Waals surface area contributed by atoms with E-state index in [1.165, 1.54) is 9.58 Å². The van der Waals surface area contributed by atoms with Crippen molar-refractivity contribution in [1.29, 1.82) is 0 Å². The van der Waals surface area contributed by atoms with E-state index in [2.05, 4.69) is 10.4 Å². The summed E-state index contributed by atoms with van der Waals surface area (Å²) in [7, 11) is 0. The van der Waals surface area contributed by atoms with Crippen LogP contribution in [0.25, 0.3) is 10.9 Å². The summed E-state index contributed by atoms with van der Waals surface area (Å²) >= 11 is 0.